The molecule has 2 atom stereocenters. The Morgan fingerprint density at radius 1 is 1.29 bits per heavy atom. The number of hydrogen-bond donors (Lipinski definition) is 2. The van der Waals surface area contributed by atoms with Crippen LogP contribution in [0.3, 0.4) is 0 Å². The predicted octanol–water partition coefficient (Wildman–Crippen LogP) is 2.39. The third-order valence-corrected chi connectivity index (χ3v) is 3.44. The molecule has 2 unspecified atom stereocenters. The lowest BCUT2D eigenvalue weighted by Crippen LogP contribution is -2.46. The fourth-order valence-corrected chi connectivity index (χ4v) is 2.28. The number of hydrogen-bond acceptors (Lipinski definition) is 3. The first-order valence-corrected chi connectivity index (χ1v) is 7.47. The van der Waals surface area contributed by atoms with E-state index in [0.29, 0.717) is 19.1 Å². The van der Waals surface area contributed by atoms with E-state index in [1.54, 1.807) is 33.2 Å². The Morgan fingerprint density at radius 2 is 1.88 bits per heavy atom. The van der Waals surface area contributed by atoms with Gasteiger partial charge in [-0.25, -0.2) is 8.78 Å². The molecule has 0 saturated heterocycles. The highest BCUT2D eigenvalue weighted by Gasteiger charge is 2.22. The molecule has 0 heterocycles. The molecule has 1 aromatic carbocycles. The number of aliphatic imine (C=N–C) groups is 1. The van der Waals surface area contributed by atoms with E-state index in [0.717, 1.165) is 0 Å². The van der Waals surface area contributed by atoms with E-state index in [1.807, 2.05) is 6.92 Å². The summed E-state index contributed by atoms with van der Waals surface area (Å²) in [6, 6.07) is 3.49. The second-order valence-corrected chi connectivity index (χ2v) is 5.57. The quantitative estimate of drug-likeness (QED) is 0.376. The molecule has 1 aromatic rings. The Balaban J connectivity index is 0.00000529. The molecule has 0 fully saturated rings. The summed E-state index contributed by atoms with van der Waals surface area (Å²) >= 11 is 0. The van der Waals surface area contributed by atoms with Crippen molar-refractivity contribution in [3.05, 3.63) is 35.4 Å². The molecule has 24 heavy (non-hydrogen) atoms. The summed E-state index contributed by atoms with van der Waals surface area (Å²) in [7, 11) is 6.82. The molecule has 0 aromatic heterocycles. The van der Waals surface area contributed by atoms with Gasteiger partial charge >= 0.3 is 0 Å². The van der Waals surface area contributed by atoms with Gasteiger partial charge in [0.05, 0.1) is 12.6 Å². The Labute approximate surface area is 159 Å². The molecule has 0 amide bonds. The first-order chi connectivity index (χ1) is 10.9. The van der Waals surface area contributed by atoms with Crippen LogP contribution in [0.5, 0.6) is 0 Å². The smallest absolute Gasteiger partial charge is 0.191 e. The summed E-state index contributed by atoms with van der Waals surface area (Å²) in [5.74, 6) is -0.555. The Hall–Kier alpha value is -1.00. The van der Waals surface area contributed by atoms with Crippen molar-refractivity contribution in [2.24, 2.45) is 4.99 Å². The van der Waals surface area contributed by atoms with Crippen LogP contribution in [0.25, 0.3) is 0 Å². The van der Waals surface area contributed by atoms with Crippen molar-refractivity contribution in [3.8, 4) is 0 Å². The zero-order chi connectivity index (χ0) is 17.4. The number of guanidine groups is 1. The van der Waals surface area contributed by atoms with Gasteiger partial charge in [-0.2, -0.15) is 0 Å². The zero-order valence-corrected chi connectivity index (χ0v) is 17.1. The van der Waals surface area contributed by atoms with Gasteiger partial charge in [-0.05, 0) is 33.2 Å². The molecule has 138 valence electrons. The van der Waals surface area contributed by atoms with Crippen LogP contribution in [0, 0.1) is 11.6 Å². The third-order valence-electron chi connectivity index (χ3n) is 3.44. The largest absolute Gasteiger partial charge is 0.383 e. The summed E-state index contributed by atoms with van der Waals surface area (Å²) in [5, 5.41) is 6.25. The molecule has 0 aliphatic rings. The van der Waals surface area contributed by atoms with Crippen LogP contribution in [-0.4, -0.2) is 58.3 Å². The normalized spacial score (nSPS) is 14.1. The molecule has 8 heteroatoms. The summed E-state index contributed by atoms with van der Waals surface area (Å²) in [6.45, 7) is 2.79. The van der Waals surface area contributed by atoms with Gasteiger partial charge in [0.2, 0.25) is 0 Å². The van der Waals surface area contributed by atoms with Gasteiger partial charge in [0.1, 0.15) is 11.6 Å². The maximum Gasteiger partial charge on any atom is 0.191 e. The minimum atomic E-state index is -0.554. The van der Waals surface area contributed by atoms with Crippen molar-refractivity contribution in [2.75, 3.05) is 41.4 Å². The van der Waals surface area contributed by atoms with Crippen molar-refractivity contribution < 1.29 is 13.5 Å². The highest BCUT2D eigenvalue weighted by Crippen LogP contribution is 2.23. The summed E-state index contributed by atoms with van der Waals surface area (Å²) in [6.07, 6.45) is 0. The monoisotopic (exact) mass is 456 g/mol. The number of nitrogens with one attached hydrogen (secondary N) is 2. The van der Waals surface area contributed by atoms with Gasteiger partial charge in [0, 0.05) is 32.3 Å². The molecule has 2 N–H and O–H groups in total. The molecular formula is C16H27F2IN4O. The van der Waals surface area contributed by atoms with E-state index in [2.05, 4.69) is 15.6 Å². The lowest BCUT2D eigenvalue weighted by molar-refractivity contribution is 0.178. The van der Waals surface area contributed by atoms with Crippen LogP contribution >= 0.6 is 24.0 Å². The minimum Gasteiger partial charge on any atom is -0.383 e. The number of methoxy groups -OCH3 is 1. The van der Waals surface area contributed by atoms with Gasteiger partial charge in [-0.1, -0.05) is 6.07 Å². The van der Waals surface area contributed by atoms with Crippen LogP contribution in [-0.2, 0) is 4.74 Å². The number of benzene rings is 1. The summed E-state index contributed by atoms with van der Waals surface area (Å²) < 4.78 is 33.1. The van der Waals surface area contributed by atoms with Crippen LogP contribution in [0.2, 0.25) is 0 Å². The van der Waals surface area contributed by atoms with Crippen molar-refractivity contribution in [1.82, 2.24) is 15.5 Å². The maximum atomic E-state index is 14.0. The van der Waals surface area contributed by atoms with Gasteiger partial charge < -0.3 is 20.3 Å². The second kappa shape index (κ2) is 11.5. The summed E-state index contributed by atoms with van der Waals surface area (Å²) in [4.78, 5) is 5.88. The molecule has 0 radical (unpaired) electrons. The number of halogens is 3. The highest BCUT2D eigenvalue weighted by molar-refractivity contribution is 14.0. The molecule has 1 rings (SSSR count). The highest BCUT2D eigenvalue weighted by atomic mass is 127. The van der Waals surface area contributed by atoms with E-state index in [4.69, 9.17) is 4.74 Å². The number of ether oxygens (including phenoxy) is 1. The Morgan fingerprint density at radius 3 is 2.33 bits per heavy atom. The first kappa shape index (κ1) is 23.0. The van der Waals surface area contributed by atoms with Gasteiger partial charge in [0.15, 0.2) is 5.96 Å². The van der Waals surface area contributed by atoms with Crippen molar-refractivity contribution >= 4 is 29.9 Å². The third kappa shape index (κ3) is 6.86. The number of nitrogens with zero attached hydrogens (tertiary/aromatic N) is 2. The molecule has 0 aliphatic heterocycles. The average molecular weight is 456 g/mol. The molecule has 0 aliphatic carbocycles. The molecule has 0 saturated carbocycles. The fourth-order valence-electron chi connectivity index (χ4n) is 2.28. The van der Waals surface area contributed by atoms with Crippen LogP contribution < -0.4 is 10.6 Å². The standard InChI is InChI=1S/C16H26F2N4O.HI/c1-11(10-23-5)21-16(19-2)20-9-14(22(3)4)15-12(17)7-6-8-13(15)18;/h6-8,11,14H,9-10H2,1-5H3,(H2,19,20,21);1H. The lowest BCUT2D eigenvalue weighted by atomic mass is 10.0. The van der Waals surface area contributed by atoms with E-state index >= 15 is 0 Å². The predicted molar refractivity (Wildman–Crippen MR) is 104 cm³/mol. The second-order valence-electron chi connectivity index (χ2n) is 5.57. The van der Waals surface area contributed by atoms with E-state index < -0.39 is 17.7 Å². The topological polar surface area (TPSA) is 48.9 Å². The Bertz CT molecular complexity index is 509. The van der Waals surface area contributed by atoms with Crippen LogP contribution in [0.1, 0.15) is 18.5 Å². The van der Waals surface area contributed by atoms with Crippen molar-refractivity contribution in [1.29, 1.82) is 0 Å². The van der Waals surface area contributed by atoms with E-state index in [1.165, 1.54) is 18.2 Å². The SMILES string of the molecule is CN=C(NCC(c1c(F)cccc1F)N(C)C)NC(C)COC.I. The molecule has 5 nitrogen and oxygen atoms in total. The molecular weight excluding hydrogens is 429 g/mol. The van der Waals surface area contributed by atoms with Crippen LogP contribution in [0.15, 0.2) is 23.2 Å². The Kier molecular flexibility index (Phi) is 11.1. The van der Waals surface area contributed by atoms with Crippen molar-refractivity contribution in [2.45, 2.75) is 19.0 Å². The van der Waals surface area contributed by atoms with Gasteiger partial charge in [0.25, 0.3) is 0 Å². The summed E-state index contributed by atoms with van der Waals surface area (Å²) in [5.41, 5.74) is 0.0467. The minimum absolute atomic E-state index is 0. The zero-order valence-electron chi connectivity index (χ0n) is 14.8. The van der Waals surface area contributed by atoms with Gasteiger partial charge in [-0.3, -0.25) is 4.99 Å². The number of likely N-dealkylation sites (N-methyl/N-ethyl adjacent to an activating group) is 1. The fraction of sp³-hybridized carbons (Fsp3) is 0.562. The van der Waals surface area contributed by atoms with Crippen LogP contribution in [0.4, 0.5) is 8.78 Å². The average Bonchev–Trinajstić information content (AvgIpc) is 2.48. The first-order valence-electron chi connectivity index (χ1n) is 7.47. The molecule has 0 spiro atoms. The lowest BCUT2D eigenvalue weighted by Gasteiger charge is -2.27. The van der Waals surface area contributed by atoms with E-state index in [-0.39, 0.29) is 35.6 Å². The van der Waals surface area contributed by atoms with E-state index in [9.17, 15) is 8.78 Å². The van der Waals surface area contributed by atoms with Gasteiger partial charge in [-0.15, -0.1) is 24.0 Å². The van der Waals surface area contributed by atoms with Crippen molar-refractivity contribution in [3.63, 3.8) is 0 Å². The number of rotatable bonds is 7. The maximum absolute atomic E-state index is 14.0. The molecule has 0 bridgehead atoms.